The average Bonchev–Trinajstić information content (AvgIpc) is 2.54. The van der Waals surface area contributed by atoms with Crippen molar-refractivity contribution in [3.8, 4) is 5.69 Å². The van der Waals surface area contributed by atoms with Gasteiger partial charge in [-0.2, -0.15) is 0 Å². The molecule has 0 aliphatic carbocycles. The zero-order valence-corrected chi connectivity index (χ0v) is 11.4. The van der Waals surface area contributed by atoms with Crippen molar-refractivity contribution in [2.24, 2.45) is 0 Å². The summed E-state index contributed by atoms with van der Waals surface area (Å²) in [7, 11) is 0. The molecule has 0 saturated carbocycles. The van der Waals surface area contributed by atoms with E-state index in [9.17, 15) is 4.79 Å². The molecule has 1 aromatic carbocycles. The van der Waals surface area contributed by atoms with E-state index in [1.807, 2.05) is 42.8 Å². The van der Waals surface area contributed by atoms with Gasteiger partial charge in [0.1, 0.15) is 5.69 Å². The summed E-state index contributed by atoms with van der Waals surface area (Å²) in [6.07, 6.45) is 0. The van der Waals surface area contributed by atoms with Gasteiger partial charge in [-0.05, 0) is 38.1 Å². The minimum absolute atomic E-state index is 0.160. The summed E-state index contributed by atoms with van der Waals surface area (Å²) in [5, 5.41) is 0. The van der Waals surface area contributed by atoms with Crippen LogP contribution in [0.2, 0.25) is 0 Å². The Hall–Kier alpha value is -1.49. The molecule has 0 spiro atoms. The summed E-state index contributed by atoms with van der Waals surface area (Å²) >= 11 is 3.37. The summed E-state index contributed by atoms with van der Waals surface area (Å²) in [5.41, 5.74) is 7.56. The van der Waals surface area contributed by atoms with E-state index in [-0.39, 0.29) is 5.56 Å². The number of nitrogen functional groups attached to an aromatic ring is 1. The van der Waals surface area contributed by atoms with Crippen molar-refractivity contribution in [2.45, 2.75) is 20.4 Å². The predicted molar refractivity (Wildman–Crippen MR) is 72.6 cm³/mol. The highest BCUT2D eigenvalue weighted by Crippen LogP contribution is 2.15. The molecule has 2 N–H and O–H groups in total. The van der Waals surface area contributed by atoms with Crippen LogP contribution in [0.1, 0.15) is 12.6 Å². The summed E-state index contributed by atoms with van der Waals surface area (Å²) in [5.74, 6) is 0. The molecule has 0 radical (unpaired) electrons. The maximum atomic E-state index is 12.1. The van der Waals surface area contributed by atoms with Crippen LogP contribution in [0, 0.1) is 6.92 Å². The third kappa shape index (κ3) is 1.91. The lowest BCUT2D eigenvalue weighted by Crippen LogP contribution is -2.21. The van der Waals surface area contributed by atoms with Crippen LogP contribution in [0.4, 0.5) is 5.69 Å². The molecule has 2 aromatic rings. The summed E-state index contributed by atoms with van der Waals surface area (Å²) < 4.78 is 4.46. The van der Waals surface area contributed by atoms with Crippen molar-refractivity contribution >= 4 is 21.6 Å². The fourth-order valence-electron chi connectivity index (χ4n) is 1.89. The first kappa shape index (κ1) is 12.0. The lowest BCUT2D eigenvalue weighted by Gasteiger charge is -2.11. The molecule has 90 valence electrons. The standard InChI is InChI=1S/C12H14BrN3O/c1-3-15-8(2)11(14)12(17)16(15)10-6-4-9(13)5-7-10/h4-7H,3,14H2,1-2H3. The number of rotatable bonds is 2. The highest BCUT2D eigenvalue weighted by atomic mass is 79.9. The van der Waals surface area contributed by atoms with E-state index in [0.29, 0.717) is 12.2 Å². The molecular formula is C12H14BrN3O. The van der Waals surface area contributed by atoms with Gasteiger partial charge in [-0.25, -0.2) is 4.68 Å². The monoisotopic (exact) mass is 295 g/mol. The second-order valence-corrected chi connectivity index (χ2v) is 4.72. The van der Waals surface area contributed by atoms with Gasteiger partial charge in [0.2, 0.25) is 0 Å². The van der Waals surface area contributed by atoms with Gasteiger partial charge in [0, 0.05) is 11.0 Å². The predicted octanol–water partition coefficient (Wildman–Crippen LogP) is 2.31. The van der Waals surface area contributed by atoms with Gasteiger partial charge in [0.25, 0.3) is 5.56 Å². The summed E-state index contributed by atoms with van der Waals surface area (Å²) in [6.45, 7) is 4.55. The van der Waals surface area contributed by atoms with Gasteiger partial charge >= 0.3 is 0 Å². The average molecular weight is 296 g/mol. The quantitative estimate of drug-likeness (QED) is 0.924. The summed E-state index contributed by atoms with van der Waals surface area (Å²) in [4.78, 5) is 12.1. The Kier molecular flexibility index (Phi) is 3.11. The minimum Gasteiger partial charge on any atom is -0.393 e. The Morgan fingerprint density at radius 3 is 2.41 bits per heavy atom. The Morgan fingerprint density at radius 1 is 1.29 bits per heavy atom. The van der Waals surface area contributed by atoms with Gasteiger partial charge in [-0.3, -0.25) is 9.48 Å². The molecule has 0 fully saturated rings. The second kappa shape index (κ2) is 4.41. The molecule has 0 aliphatic heterocycles. The first-order valence-corrected chi connectivity index (χ1v) is 6.19. The van der Waals surface area contributed by atoms with E-state index in [4.69, 9.17) is 5.73 Å². The largest absolute Gasteiger partial charge is 0.393 e. The van der Waals surface area contributed by atoms with E-state index in [0.717, 1.165) is 15.9 Å². The zero-order valence-electron chi connectivity index (χ0n) is 9.77. The fourth-order valence-corrected chi connectivity index (χ4v) is 2.15. The van der Waals surface area contributed by atoms with Crippen LogP contribution in [-0.4, -0.2) is 9.36 Å². The maximum Gasteiger partial charge on any atom is 0.294 e. The normalized spacial score (nSPS) is 10.8. The van der Waals surface area contributed by atoms with E-state index in [1.54, 1.807) is 4.68 Å². The number of nitrogens with zero attached hydrogens (tertiary/aromatic N) is 2. The minimum atomic E-state index is -0.160. The van der Waals surface area contributed by atoms with Crippen LogP contribution >= 0.6 is 15.9 Å². The first-order chi connectivity index (χ1) is 8.06. The van der Waals surface area contributed by atoms with Crippen LogP contribution in [0.25, 0.3) is 5.69 Å². The van der Waals surface area contributed by atoms with Gasteiger partial charge in [0.05, 0.1) is 11.4 Å². The molecular weight excluding hydrogens is 282 g/mol. The number of hydrogen-bond donors (Lipinski definition) is 1. The van der Waals surface area contributed by atoms with Crippen LogP contribution in [0.3, 0.4) is 0 Å². The Morgan fingerprint density at radius 2 is 1.88 bits per heavy atom. The number of benzene rings is 1. The van der Waals surface area contributed by atoms with E-state index >= 15 is 0 Å². The Labute approximate surface area is 108 Å². The zero-order chi connectivity index (χ0) is 12.6. The highest BCUT2D eigenvalue weighted by molar-refractivity contribution is 9.10. The molecule has 0 bridgehead atoms. The van der Waals surface area contributed by atoms with Crippen molar-refractivity contribution in [2.75, 3.05) is 5.73 Å². The molecule has 0 amide bonds. The molecule has 2 rings (SSSR count). The number of anilines is 1. The van der Waals surface area contributed by atoms with Gasteiger partial charge in [-0.1, -0.05) is 15.9 Å². The Balaban J connectivity index is 2.71. The topological polar surface area (TPSA) is 52.9 Å². The molecule has 0 atom stereocenters. The Bertz CT molecular complexity index is 595. The van der Waals surface area contributed by atoms with E-state index < -0.39 is 0 Å². The first-order valence-electron chi connectivity index (χ1n) is 5.40. The van der Waals surface area contributed by atoms with Gasteiger partial charge in [0.15, 0.2) is 0 Å². The number of hydrogen-bond acceptors (Lipinski definition) is 2. The van der Waals surface area contributed by atoms with Crippen molar-refractivity contribution in [3.05, 3.63) is 44.8 Å². The van der Waals surface area contributed by atoms with Gasteiger partial charge in [-0.15, -0.1) is 0 Å². The second-order valence-electron chi connectivity index (χ2n) is 3.81. The van der Waals surface area contributed by atoms with Crippen LogP contribution in [-0.2, 0) is 6.54 Å². The molecule has 4 nitrogen and oxygen atoms in total. The third-order valence-corrected chi connectivity index (χ3v) is 3.34. The van der Waals surface area contributed by atoms with Crippen LogP contribution < -0.4 is 11.3 Å². The highest BCUT2D eigenvalue weighted by Gasteiger charge is 2.14. The molecule has 1 aromatic heterocycles. The van der Waals surface area contributed by atoms with Crippen molar-refractivity contribution < 1.29 is 0 Å². The number of nitrogens with two attached hydrogens (primary N) is 1. The molecule has 5 heteroatoms. The molecule has 17 heavy (non-hydrogen) atoms. The number of halogens is 1. The van der Waals surface area contributed by atoms with Crippen molar-refractivity contribution in [1.82, 2.24) is 9.36 Å². The summed E-state index contributed by atoms with van der Waals surface area (Å²) in [6, 6.07) is 7.58. The molecule has 0 saturated heterocycles. The van der Waals surface area contributed by atoms with Crippen LogP contribution in [0.15, 0.2) is 33.5 Å². The number of aromatic nitrogens is 2. The SMILES string of the molecule is CCn1c(C)c(N)c(=O)n1-c1ccc(Br)cc1. The molecule has 0 unspecified atom stereocenters. The molecule has 1 heterocycles. The van der Waals surface area contributed by atoms with E-state index in [2.05, 4.69) is 15.9 Å². The lowest BCUT2D eigenvalue weighted by atomic mass is 10.3. The van der Waals surface area contributed by atoms with Crippen molar-refractivity contribution in [3.63, 3.8) is 0 Å². The van der Waals surface area contributed by atoms with Crippen LogP contribution in [0.5, 0.6) is 0 Å². The van der Waals surface area contributed by atoms with Crippen molar-refractivity contribution in [1.29, 1.82) is 0 Å². The fraction of sp³-hybridized carbons (Fsp3) is 0.250. The smallest absolute Gasteiger partial charge is 0.294 e. The van der Waals surface area contributed by atoms with Gasteiger partial charge < -0.3 is 5.73 Å². The van der Waals surface area contributed by atoms with E-state index in [1.165, 1.54) is 0 Å². The molecule has 0 aliphatic rings. The third-order valence-electron chi connectivity index (χ3n) is 2.81. The maximum absolute atomic E-state index is 12.1. The lowest BCUT2D eigenvalue weighted by molar-refractivity contribution is 0.559.